The molecule has 3 aromatic carbocycles. The SMILES string of the molecule is COc1cc2ccccc2cc1C(=O)N[C@@H](C)c1cc(C)c(C)cc1C. The Morgan fingerprint density at radius 1 is 0.923 bits per heavy atom. The molecule has 0 aliphatic carbocycles. The fourth-order valence-electron chi connectivity index (χ4n) is 3.37. The number of hydrogen-bond donors (Lipinski definition) is 1. The summed E-state index contributed by atoms with van der Waals surface area (Å²) in [6, 6.07) is 16.0. The van der Waals surface area contributed by atoms with E-state index in [0.29, 0.717) is 11.3 Å². The number of methoxy groups -OCH3 is 1. The van der Waals surface area contributed by atoms with E-state index in [2.05, 4.69) is 38.2 Å². The van der Waals surface area contributed by atoms with Crippen molar-refractivity contribution in [1.29, 1.82) is 0 Å². The first-order valence-corrected chi connectivity index (χ1v) is 8.86. The molecule has 134 valence electrons. The van der Waals surface area contributed by atoms with Gasteiger partial charge in [0.05, 0.1) is 18.7 Å². The highest BCUT2D eigenvalue weighted by molar-refractivity contribution is 6.01. The van der Waals surface area contributed by atoms with Crippen LogP contribution in [0.2, 0.25) is 0 Å². The van der Waals surface area contributed by atoms with Gasteiger partial charge in [-0.1, -0.05) is 36.4 Å². The number of carbonyl (C=O) groups excluding carboxylic acids is 1. The summed E-state index contributed by atoms with van der Waals surface area (Å²) in [5, 5.41) is 5.20. The van der Waals surface area contributed by atoms with Crippen LogP contribution in [0.25, 0.3) is 10.8 Å². The van der Waals surface area contributed by atoms with E-state index >= 15 is 0 Å². The minimum Gasteiger partial charge on any atom is -0.496 e. The van der Waals surface area contributed by atoms with E-state index in [0.717, 1.165) is 16.3 Å². The first-order valence-electron chi connectivity index (χ1n) is 8.86. The first-order chi connectivity index (χ1) is 12.4. The highest BCUT2D eigenvalue weighted by atomic mass is 16.5. The molecule has 0 aromatic heterocycles. The maximum Gasteiger partial charge on any atom is 0.255 e. The molecule has 26 heavy (non-hydrogen) atoms. The van der Waals surface area contributed by atoms with Crippen molar-refractivity contribution in [3.63, 3.8) is 0 Å². The normalized spacial score (nSPS) is 12.0. The Bertz CT molecular complexity index is 975. The van der Waals surface area contributed by atoms with Crippen molar-refractivity contribution in [2.75, 3.05) is 7.11 Å². The highest BCUT2D eigenvalue weighted by Gasteiger charge is 2.18. The topological polar surface area (TPSA) is 38.3 Å². The van der Waals surface area contributed by atoms with Gasteiger partial charge < -0.3 is 10.1 Å². The second-order valence-electron chi connectivity index (χ2n) is 6.89. The maximum absolute atomic E-state index is 12.9. The third-order valence-corrected chi connectivity index (χ3v) is 5.01. The van der Waals surface area contributed by atoms with Crippen molar-refractivity contribution in [2.45, 2.75) is 33.7 Å². The molecule has 3 nitrogen and oxygen atoms in total. The summed E-state index contributed by atoms with van der Waals surface area (Å²) in [5.74, 6) is 0.461. The Morgan fingerprint density at radius 2 is 1.54 bits per heavy atom. The second kappa shape index (κ2) is 7.20. The van der Waals surface area contributed by atoms with Crippen molar-refractivity contribution in [1.82, 2.24) is 5.32 Å². The van der Waals surface area contributed by atoms with Gasteiger partial charge in [0.25, 0.3) is 5.91 Å². The molecule has 0 bridgehead atoms. The minimum atomic E-state index is -0.127. The number of hydrogen-bond acceptors (Lipinski definition) is 2. The van der Waals surface area contributed by atoms with Crippen LogP contribution in [0.3, 0.4) is 0 Å². The van der Waals surface area contributed by atoms with Crippen molar-refractivity contribution < 1.29 is 9.53 Å². The van der Waals surface area contributed by atoms with E-state index in [1.165, 1.54) is 16.7 Å². The molecule has 1 amide bonds. The van der Waals surface area contributed by atoms with Crippen LogP contribution in [0.15, 0.2) is 48.5 Å². The van der Waals surface area contributed by atoms with Crippen LogP contribution in [0.4, 0.5) is 0 Å². The molecule has 3 rings (SSSR count). The number of rotatable bonds is 4. The molecule has 0 saturated heterocycles. The third-order valence-electron chi connectivity index (χ3n) is 5.01. The quantitative estimate of drug-likeness (QED) is 0.699. The van der Waals surface area contributed by atoms with Crippen LogP contribution in [-0.2, 0) is 0 Å². The van der Waals surface area contributed by atoms with Crippen LogP contribution >= 0.6 is 0 Å². The van der Waals surface area contributed by atoms with Crippen LogP contribution in [-0.4, -0.2) is 13.0 Å². The van der Waals surface area contributed by atoms with Gasteiger partial charge in [-0.3, -0.25) is 4.79 Å². The summed E-state index contributed by atoms with van der Waals surface area (Å²) in [6.45, 7) is 8.30. The second-order valence-corrected chi connectivity index (χ2v) is 6.89. The smallest absolute Gasteiger partial charge is 0.255 e. The zero-order valence-corrected chi connectivity index (χ0v) is 16.0. The van der Waals surface area contributed by atoms with Crippen molar-refractivity contribution in [3.05, 3.63) is 76.3 Å². The van der Waals surface area contributed by atoms with E-state index in [9.17, 15) is 4.79 Å². The van der Waals surface area contributed by atoms with Crippen molar-refractivity contribution >= 4 is 16.7 Å². The Morgan fingerprint density at radius 3 is 2.19 bits per heavy atom. The molecular weight excluding hydrogens is 322 g/mol. The lowest BCUT2D eigenvalue weighted by Gasteiger charge is -2.19. The van der Waals surface area contributed by atoms with E-state index in [1.54, 1.807) is 7.11 Å². The summed E-state index contributed by atoms with van der Waals surface area (Å²) in [7, 11) is 1.60. The lowest BCUT2D eigenvalue weighted by molar-refractivity contribution is 0.0937. The molecular formula is C23H25NO2. The molecule has 3 aromatic rings. The lowest BCUT2D eigenvalue weighted by atomic mass is 9.96. The Balaban J connectivity index is 1.92. The molecule has 0 spiro atoms. The van der Waals surface area contributed by atoms with Gasteiger partial charge in [-0.2, -0.15) is 0 Å². The number of aryl methyl sites for hydroxylation is 3. The molecule has 0 heterocycles. The molecule has 1 atom stereocenters. The van der Waals surface area contributed by atoms with Gasteiger partial charge in [-0.05, 0) is 72.9 Å². The summed E-state index contributed by atoms with van der Waals surface area (Å²) < 4.78 is 5.46. The molecule has 0 saturated carbocycles. The van der Waals surface area contributed by atoms with Crippen LogP contribution < -0.4 is 10.1 Å². The average molecular weight is 347 g/mol. The van der Waals surface area contributed by atoms with Gasteiger partial charge >= 0.3 is 0 Å². The first kappa shape index (κ1) is 18.0. The van der Waals surface area contributed by atoms with Gasteiger partial charge in [0.2, 0.25) is 0 Å². The van der Waals surface area contributed by atoms with Gasteiger partial charge in [0.1, 0.15) is 5.75 Å². The predicted octanol–water partition coefficient (Wildman–Crippen LogP) is 5.26. The fourth-order valence-corrected chi connectivity index (χ4v) is 3.37. The fraction of sp³-hybridized carbons (Fsp3) is 0.261. The Labute approximate surface area is 155 Å². The van der Waals surface area contributed by atoms with Crippen LogP contribution in [0.5, 0.6) is 5.75 Å². The van der Waals surface area contributed by atoms with E-state index < -0.39 is 0 Å². The Kier molecular flexibility index (Phi) is 4.99. The van der Waals surface area contributed by atoms with Gasteiger partial charge in [-0.15, -0.1) is 0 Å². The number of amides is 1. The number of fused-ring (bicyclic) bond motifs is 1. The van der Waals surface area contributed by atoms with Gasteiger partial charge in [0, 0.05) is 0 Å². The van der Waals surface area contributed by atoms with Crippen LogP contribution in [0.1, 0.15) is 45.6 Å². The Hall–Kier alpha value is -2.81. The minimum absolute atomic E-state index is 0.0852. The number of ether oxygens (including phenoxy) is 1. The van der Waals surface area contributed by atoms with Crippen molar-refractivity contribution in [3.8, 4) is 5.75 Å². The number of benzene rings is 3. The highest BCUT2D eigenvalue weighted by Crippen LogP contribution is 2.27. The average Bonchev–Trinajstić information content (AvgIpc) is 2.63. The van der Waals surface area contributed by atoms with E-state index in [4.69, 9.17) is 4.74 Å². The molecule has 1 N–H and O–H groups in total. The van der Waals surface area contributed by atoms with Gasteiger partial charge in [-0.25, -0.2) is 0 Å². The summed E-state index contributed by atoms with van der Waals surface area (Å²) >= 11 is 0. The number of nitrogens with one attached hydrogen (secondary N) is 1. The molecule has 0 radical (unpaired) electrons. The molecule has 0 fully saturated rings. The molecule has 0 aliphatic rings. The summed E-state index contributed by atoms with van der Waals surface area (Å²) in [4.78, 5) is 12.9. The van der Waals surface area contributed by atoms with E-state index in [-0.39, 0.29) is 11.9 Å². The lowest BCUT2D eigenvalue weighted by Crippen LogP contribution is -2.27. The molecule has 3 heteroatoms. The maximum atomic E-state index is 12.9. The zero-order valence-electron chi connectivity index (χ0n) is 16.0. The summed E-state index contributed by atoms with van der Waals surface area (Å²) in [6.07, 6.45) is 0. The zero-order chi connectivity index (χ0) is 18.8. The predicted molar refractivity (Wildman–Crippen MR) is 107 cm³/mol. The number of carbonyl (C=O) groups is 1. The largest absolute Gasteiger partial charge is 0.496 e. The standard InChI is InChI=1S/C23H25NO2/c1-14-10-16(3)20(11-15(14)2)17(4)24-23(25)21-12-18-8-6-7-9-19(18)13-22(21)26-5/h6-13,17H,1-5H3,(H,24,25)/t17-/m0/s1. The van der Waals surface area contributed by atoms with Gasteiger partial charge in [0.15, 0.2) is 0 Å². The van der Waals surface area contributed by atoms with E-state index in [1.807, 2.05) is 43.3 Å². The molecule has 0 unspecified atom stereocenters. The monoisotopic (exact) mass is 347 g/mol. The third kappa shape index (κ3) is 3.43. The van der Waals surface area contributed by atoms with Crippen molar-refractivity contribution in [2.24, 2.45) is 0 Å². The molecule has 0 aliphatic heterocycles. The summed E-state index contributed by atoms with van der Waals surface area (Å²) in [5.41, 5.74) is 5.38. The van der Waals surface area contributed by atoms with Crippen LogP contribution in [0, 0.1) is 20.8 Å².